The molecule has 0 spiro atoms. The van der Waals surface area contributed by atoms with Crippen LogP contribution in [0.4, 0.5) is 0 Å². The average Bonchev–Trinajstić information content (AvgIpc) is 2.51. The van der Waals surface area contributed by atoms with Gasteiger partial charge in [0.15, 0.2) is 9.84 Å². The van der Waals surface area contributed by atoms with Crippen molar-refractivity contribution < 1.29 is 23.1 Å². The first-order chi connectivity index (χ1) is 11.1. The Morgan fingerprint density at radius 3 is 2.29 bits per heavy atom. The van der Waals surface area contributed by atoms with E-state index in [1.54, 1.807) is 18.2 Å². The predicted molar refractivity (Wildman–Crippen MR) is 89.7 cm³/mol. The standard InChI is InChI=1S/C16H24N2O5S/c1-11(2)10-14(19)16(21)18-13(15(17)20)8-9-24(22,23)12-6-4-3-5-7-12/h3-7,11,13-14,19H,8-10H2,1-2H3,(H2,17,20)(H,18,21)/t13-,14-/m0/s1. The van der Waals surface area contributed by atoms with E-state index in [0.717, 1.165) is 0 Å². The number of amides is 2. The molecular weight excluding hydrogens is 332 g/mol. The van der Waals surface area contributed by atoms with Crippen molar-refractivity contribution in [2.24, 2.45) is 11.7 Å². The fourth-order valence-corrected chi connectivity index (χ4v) is 3.48. The minimum Gasteiger partial charge on any atom is -0.383 e. The Morgan fingerprint density at radius 2 is 1.79 bits per heavy atom. The number of aliphatic hydroxyl groups excluding tert-OH is 1. The Bertz CT molecular complexity index is 658. The highest BCUT2D eigenvalue weighted by molar-refractivity contribution is 7.91. The van der Waals surface area contributed by atoms with Gasteiger partial charge in [0.25, 0.3) is 0 Å². The molecule has 134 valence electrons. The minimum absolute atomic E-state index is 0.0937. The molecule has 0 aromatic heterocycles. The monoisotopic (exact) mass is 356 g/mol. The molecule has 24 heavy (non-hydrogen) atoms. The third kappa shape index (κ3) is 6.29. The molecular formula is C16H24N2O5S. The Labute approximate surface area is 142 Å². The summed E-state index contributed by atoms with van der Waals surface area (Å²) in [6.07, 6.45) is -1.19. The first-order valence-electron chi connectivity index (χ1n) is 7.69. The number of nitrogens with two attached hydrogens (primary N) is 1. The highest BCUT2D eigenvalue weighted by atomic mass is 32.2. The molecule has 2 amide bonds. The van der Waals surface area contributed by atoms with Gasteiger partial charge in [-0.05, 0) is 30.9 Å². The summed E-state index contributed by atoms with van der Waals surface area (Å²) in [5.74, 6) is -1.82. The maximum Gasteiger partial charge on any atom is 0.249 e. The van der Waals surface area contributed by atoms with Crippen LogP contribution in [0.3, 0.4) is 0 Å². The maximum atomic E-state index is 12.2. The zero-order chi connectivity index (χ0) is 18.3. The molecule has 8 heteroatoms. The van der Waals surface area contributed by atoms with E-state index in [1.165, 1.54) is 12.1 Å². The van der Waals surface area contributed by atoms with Gasteiger partial charge in [-0.15, -0.1) is 0 Å². The second-order valence-electron chi connectivity index (χ2n) is 6.03. The summed E-state index contributed by atoms with van der Waals surface area (Å²) in [5.41, 5.74) is 5.22. The van der Waals surface area contributed by atoms with Gasteiger partial charge in [0.05, 0.1) is 10.6 Å². The van der Waals surface area contributed by atoms with Crippen molar-refractivity contribution in [1.82, 2.24) is 5.32 Å². The molecule has 0 saturated heterocycles. The van der Waals surface area contributed by atoms with Crippen LogP contribution in [-0.2, 0) is 19.4 Å². The number of carbonyl (C=O) groups excluding carboxylic acids is 2. The third-order valence-electron chi connectivity index (χ3n) is 3.43. The molecule has 0 heterocycles. The van der Waals surface area contributed by atoms with Crippen molar-refractivity contribution in [3.8, 4) is 0 Å². The molecule has 0 bridgehead atoms. The van der Waals surface area contributed by atoms with Gasteiger partial charge >= 0.3 is 0 Å². The number of hydrogen-bond donors (Lipinski definition) is 3. The van der Waals surface area contributed by atoms with Crippen LogP contribution in [0.15, 0.2) is 35.2 Å². The summed E-state index contributed by atoms with van der Waals surface area (Å²) in [4.78, 5) is 23.5. The second kappa shape index (κ2) is 8.79. The average molecular weight is 356 g/mol. The first-order valence-corrected chi connectivity index (χ1v) is 9.34. The van der Waals surface area contributed by atoms with Crippen LogP contribution in [0.2, 0.25) is 0 Å². The first kappa shape index (κ1) is 20.1. The van der Waals surface area contributed by atoms with Crippen LogP contribution in [0.1, 0.15) is 26.7 Å². The zero-order valence-corrected chi connectivity index (χ0v) is 14.6. The molecule has 1 aromatic carbocycles. The lowest BCUT2D eigenvalue weighted by molar-refractivity contribution is -0.133. The molecule has 7 nitrogen and oxygen atoms in total. The summed E-state index contributed by atoms with van der Waals surface area (Å²) in [7, 11) is -3.59. The van der Waals surface area contributed by atoms with Crippen LogP contribution in [0, 0.1) is 5.92 Å². The number of carbonyl (C=O) groups is 2. The Kier molecular flexibility index (Phi) is 7.37. The van der Waals surface area contributed by atoms with E-state index in [2.05, 4.69) is 5.32 Å². The van der Waals surface area contributed by atoms with Crippen molar-refractivity contribution in [1.29, 1.82) is 0 Å². The van der Waals surface area contributed by atoms with Crippen molar-refractivity contribution in [3.63, 3.8) is 0 Å². The zero-order valence-electron chi connectivity index (χ0n) is 13.8. The van der Waals surface area contributed by atoms with Crippen LogP contribution >= 0.6 is 0 Å². The van der Waals surface area contributed by atoms with E-state index in [9.17, 15) is 23.1 Å². The highest BCUT2D eigenvalue weighted by Crippen LogP contribution is 2.12. The minimum atomic E-state index is -3.59. The summed E-state index contributed by atoms with van der Waals surface area (Å²) >= 11 is 0. The smallest absolute Gasteiger partial charge is 0.249 e. The van der Waals surface area contributed by atoms with Gasteiger partial charge in [0.2, 0.25) is 11.8 Å². The van der Waals surface area contributed by atoms with Crippen LogP contribution < -0.4 is 11.1 Å². The van der Waals surface area contributed by atoms with Crippen LogP contribution in [-0.4, -0.2) is 43.2 Å². The summed E-state index contributed by atoms with van der Waals surface area (Å²) in [5, 5.41) is 12.1. The molecule has 0 saturated carbocycles. The van der Waals surface area contributed by atoms with Crippen molar-refractivity contribution in [3.05, 3.63) is 30.3 Å². The van der Waals surface area contributed by atoms with E-state index in [1.807, 2.05) is 13.8 Å². The third-order valence-corrected chi connectivity index (χ3v) is 5.20. The Hall–Kier alpha value is -1.93. The van der Waals surface area contributed by atoms with Crippen LogP contribution in [0.5, 0.6) is 0 Å². The summed E-state index contributed by atoms with van der Waals surface area (Å²) in [6.45, 7) is 3.68. The van der Waals surface area contributed by atoms with Gasteiger partial charge in [-0.1, -0.05) is 32.0 Å². The van der Waals surface area contributed by atoms with Gasteiger partial charge in [-0.2, -0.15) is 0 Å². The molecule has 0 unspecified atom stereocenters. The Morgan fingerprint density at radius 1 is 1.21 bits per heavy atom. The lowest BCUT2D eigenvalue weighted by Crippen LogP contribution is -2.49. The molecule has 0 fully saturated rings. The molecule has 0 radical (unpaired) electrons. The number of rotatable bonds is 9. The van der Waals surface area contributed by atoms with Crippen molar-refractivity contribution >= 4 is 21.7 Å². The fourth-order valence-electron chi connectivity index (χ4n) is 2.13. The molecule has 1 aromatic rings. The number of primary amides is 1. The van der Waals surface area contributed by atoms with Crippen LogP contribution in [0.25, 0.3) is 0 Å². The SMILES string of the molecule is CC(C)C[C@H](O)C(=O)N[C@@H](CCS(=O)(=O)c1ccccc1)C(N)=O. The van der Waals surface area contributed by atoms with E-state index >= 15 is 0 Å². The summed E-state index contributed by atoms with van der Waals surface area (Å²) in [6, 6.07) is 6.66. The second-order valence-corrected chi connectivity index (χ2v) is 8.14. The lowest BCUT2D eigenvalue weighted by atomic mass is 10.1. The normalized spacial score (nSPS) is 14.2. The van der Waals surface area contributed by atoms with E-state index in [0.29, 0.717) is 0 Å². The summed E-state index contributed by atoms with van der Waals surface area (Å²) < 4.78 is 24.4. The predicted octanol–water partition coefficient (Wildman–Crippen LogP) is 0.228. The molecule has 1 rings (SSSR count). The number of nitrogens with one attached hydrogen (secondary N) is 1. The molecule has 0 aliphatic rings. The van der Waals surface area contributed by atoms with Crippen molar-refractivity contribution in [2.45, 2.75) is 43.7 Å². The number of aliphatic hydroxyl groups is 1. The molecule has 2 atom stereocenters. The number of sulfone groups is 1. The van der Waals surface area contributed by atoms with Crippen molar-refractivity contribution in [2.75, 3.05) is 5.75 Å². The van der Waals surface area contributed by atoms with Gasteiger partial charge in [-0.3, -0.25) is 9.59 Å². The molecule has 0 aliphatic heterocycles. The van der Waals surface area contributed by atoms with Gasteiger partial charge in [-0.25, -0.2) is 8.42 Å². The van der Waals surface area contributed by atoms with E-state index in [-0.39, 0.29) is 29.4 Å². The van der Waals surface area contributed by atoms with E-state index < -0.39 is 33.8 Å². The van der Waals surface area contributed by atoms with Gasteiger partial charge < -0.3 is 16.2 Å². The number of benzene rings is 1. The quantitative estimate of drug-likeness (QED) is 0.584. The van der Waals surface area contributed by atoms with E-state index in [4.69, 9.17) is 5.73 Å². The van der Waals surface area contributed by atoms with Gasteiger partial charge in [0.1, 0.15) is 12.1 Å². The lowest BCUT2D eigenvalue weighted by Gasteiger charge is -2.19. The fraction of sp³-hybridized carbons (Fsp3) is 0.500. The highest BCUT2D eigenvalue weighted by Gasteiger charge is 2.25. The number of hydrogen-bond acceptors (Lipinski definition) is 5. The molecule has 4 N–H and O–H groups in total. The van der Waals surface area contributed by atoms with Gasteiger partial charge in [0, 0.05) is 0 Å². The Balaban J connectivity index is 2.70. The largest absolute Gasteiger partial charge is 0.383 e. The maximum absolute atomic E-state index is 12.2. The topological polar surface area (TPSA) is 127 Å². The molecule has 0 aliphatic carbocycles.